The lowest BCUT2D eigenvalue weighted by Gasteiger charge is -2.14. The van der Waals surface area contributed by atoms with Crippen molar-refractivity contribution in [2.75, 3.05) is 26.8 Å². The van der Waals surface area contributed by atoms with E-state index in [1.54, 1.807) is 12.1 Å². The summed E-state index contributed by atoms with van der Waals surface area (Å²) in [6.45, 7) is 7.47. The smallest absolute Gasteiger partial charge is 0.338 e. The van der Waals surface area contributed by atoms with Gasteiger partial charge in [0.25, 0.3) is 0 Å². The van der Waals surface area contributed by atoms with Crippen LogP contribution in [0.25, 0.3) is 11.1 Å². The largest absolute Gasteiger partial charge is 0.457 e. The Labute approximate surface area is 218 Å². The van der Waals surface area contributed by atoms with Crippen molar-refractivity contribution in [2.24, 2.45) is 0 Å². The van der Waals surface area contributed by atoms with Gasteiger partial charge >= 0.3 is 11.9 Å². The molecule has 0 aromatic heterocycles. The molecule has 0 saturated heterocycles. The van der Waals surface area contributed by atoms with Gasteiger partial charge in [0.2, 0.25) is 13.6 Å². The molecule has 0 aliphatic rings. The van der Waals surface area contributed by atoms with Crippen LogP contribution in [0.2, 0.25) is 0 Å². The zero-order valence-electron chi connectivity index (χ0n) is 21.4. The standard InChI is InChI=1S/C29H36O8/c1-4-5-6-7-8-9-23-12-15-26(35-20-37-29(33)22(3)18-31)16-27(23)24-10-13-25(14-11-24)34-19-36-28(32)21(2)17-30/h10-16,30-31H,2-9,17-20H2,1H3. The first kappa shape index (κ1) is 29.6. The molecule has 0 fully saturated rings. The Hall–Kier alpha value is -3.62. The monoisotopic (exact) mass is 512 g/mol. The molecule has 2 aromatic carbocycles. The van der Waals surface area contributed by atoms with Crippen LogP contribution in [0.1, 0.15) is 44.6 Å². The molecule has 0 amide bonds. The van der Waals surface area contributed by atoms with Gasteiger partial charge in [0.05, 0.1) is 24.4 Å². The Balaban J connectivity index is 2.10. The van der Waals surface area contributed by atoms with E-state index in [-0.39, 0.29) is 24.7 Å². The zero-order valence-corrected chi connectivity index (χ0v) is 21.4. The SMILES string of the molecule is C=C(CO)C(=O)OCOc1ccc(-c2cc(OCOC(=O)C(=C)CO)ccc2CCCCCCC)cc1. The van der Waals surface area contributed by atoms with Gasteiger partial charge in [0, 0.05) is 0 Å². The third-order valence-electron chi connectivity index (χ3n) is 5.59. The van der Waals surface area contributed by atoms with Crippen LogP contribution < -0.4 is 9.47 Å². The van der Waals surface area contributed by atoms with Crippen LogP contribution in [0.15, 0.2) is 66.8 Å². The van der Waals surface area contributed by atoms with Crippen molar-refractivity contribution in [1.82, 2.24) is 0 Å². The van der Waals surface area contributed by atoms with Gasteiger partial charge in [-0.3, -0.25) is 0 Å². The first-order valence-corrected chi connectivity index (χ1v) is 12.3. The lowest BCUT2D eigenvalue weighted by atomic mass is 9.95. The highest BCUT2D eigenvalue weighted by Crippen LogP contribution is 2.31. The van der Waals surface area contributed by atoms with Crippen LogP contribution in [0.5, 0.6) is 11.5 Å². The lowest BCUT2D eigenvalue weighted by Crippen LogP contribution is -2.14. The van der Waals surface area contributed by atoms with Crippen molar-refractivity contribution in [3.05, 3.63) is 72.3 Å². The summed E-state index contributed by atoms with van der Waals surface area (Å²) in [5.74, 6) is -0.390. The molecule has 2 aromatic rings. The zero-order chi connectivity index (χ0) is 27.0. The molecule has 0 unspecified atom stereocenters. The van der Waals surface area contributed by atoms with Crippen molar-refractivity contribution in [2.45, 2.75) is 45.4 Å². The third kappa shape index (κ3) is 10.1. The molecule has 8 heteroatoms. The number of ether oxygens (including phenoxy) is 4. The van der Waals surface area contributed by atoms with Crippen LogP contribution in [-0.4, -0.2) is 49.0 Å². The summed E-state index contributed by atoms with van der Waals surface area (Å²) in [5, 5.41) is 17.9. The van der Waals surface area contributed by atoms with Crippen molar-refractivity contribution >= 4 is 11.9 Å². The minimum absolute atomic E-state index is 0.0434. The van der Waals surface area contributed by atoms with Gasteiger partial charge in [0.15, 0.2) is 0 Å². The third-order valence-corrected chi connectivity index (χ3v) is 5.59. The Kier molecular flexibility index (Phi) is 13.0. The number of aryl methyl sites for hydroxylation is 1. The maximum atomic E-state index is 11.7. The average Bonchev–Trinajstić information content (AvgIpc) is 2.92. The second-order valence-electron chi connectivity index (χ2n) is 8.42. The lowest BCUT2D eigenvalue weighted by molar-refractivity contribution is -0.146. The minimum Gasteiger partial charge on any atom is -0.457 e. The predicted molar refractivity (Wildman–Crippen MR) is 140 cm³/mol. The van der Waals surface area contributed by atoms with Gasteiger partial charge in [0.1, 0.15) is 11.5 Å². The Morgan fingerprint density at radius 3 is 1.86 bits per heavy atom. The highest BCUT2D eigenvalue weighted by atomic mass is 16.7. The maximum Gasteiger partial charge on any atom is 0.338 e. The summed E-state index contributed by atoms with van der Waals surface area (Å²) < 4.78 is 20.9. The van der Waals surface area contributed by atoms with E-state index in [0.717, 1.165) is 30.4 Å². The summed E-state index contributed by atoms with van der Waals surface area (Å²) in [5.41, 5.74) is 3.00. The summed E-state index contributed by atoms with van der Waals surface area (Å²) >= 11 is 0. The van der Waals surface area contributed by atoms with E-state index in [9.17, 15) is 9.59 Å². The number of aliphatic hydroxyl groups excluding tert-OH is 2. The van der Waals surface area contributed by atoms with Gasteiger partial charge < -0.3 is 29.2 Å². The molecular formula is C29H36O8. The van der Waals surface area contributed by atoms with Crippen molar-refractivity contribution in [3.63, 3.8) is 0 Å². The molecule has 37 heavy (non-hydrogen) atoms. The summed E-state index contributed by atoms with van der Waals surface area (Å²) in [4.78, 5) is 23.2. The molecule has 8 nitrogen and oxygen atoms in total. The number of rotatable bonds is 17. The number of carbonyl (C=O) groups excluding carboxylic acids is 2. The van der Waals surface area contributed by atoms with E-state index < -0.39 is 25.2 Å². The van der Waals surface area contributed by atoms with E-state index in [1.165, 1.54) is 24.8 Å². The van der Waals surface area contributed by atoms with Crippen molar-refractivity contribution in [3.8, 4) is 22.6 Å². The Bertz CT molecular complexity index is 1040. The molecular weight excluding hydrogens is 476 g/mol. The molecule has 0 aliphatic heterocycles. The van der Waals surface area contributed by atoms with Gasteiger partial charge in [-0.25, -0.2) is 9.59 Å². The first-order valence-electron chi connectivity index (χ1n) is 12.3. The van der Waals surface area contributed by atoms with Crippen LogP contribution in [0.4, 0.5) is 0 Å². The van der Waals surface area contributed by atoms with E-state index in [1.807, 2.05) is 30.3 Å². The molecule has 200 valence electrons. The van der Waals surface area contributed by atoms with Crippen LogP contribution in [0.3, 0.4) is 0 Å². The molecule has 0 heterocycles. The molecule has 0 atom stereocenters. The minimum atomic E-state index is -0.717. The fraction of sp³-hybridized carbons (Fsp3) is 0.379. The molecule has 2 rings (SSSR count). The van der Waals surface area contributed by atoms with Crippen molar-refractivity contribution < 1.29 is 38.7 Å². The number of hydrogen-bond acceptors (Lipinski definition) is 8. The fourth-order valence-electron chi connectivity index (χ4n) is 3.42. The molecule has 0 bridgehead atoms. The van der Waals surface area contributed by atoms with E-state index in [0.29, 0.717) is 11.5 Å². The summed E-state index contributed by atoms with van der Waals surface area (Å²) in [6, 6.07) is 13.1. The number of esters is 2. The van der Waals surface area contributed by atoms with Gasteiger partial charge in [-0.2, -0.15) is 0 Å². The molecule has 0 saturated carbocycles. The summed E-state index contributed by atoms with van der Waals surface area (Å²) in [6.07, 6.45) is 6.76. The fourth-order valence-corrected chi connectivity index (χ4v) is 3.42. The second-order valence-corrected chi connectivity index (χ2v) is 8.42. The number of unbranched alkanes of at least 4 members (excludes halogenated alkanes) is 4. The van der Waals surface area contributed by atoms with Crippen molar-refractivity contribution in [1.29, 1.82) is 0 Å². The first-order chi connectivity index (χ1) is 17.9. The normalized spacial score (nSPS) is 10.5. The predicted octanol–water partition coefficient (Wildman–Crippen LogP) is 4.72. The molecule has 0 radical (unpaired) electrons. The highest BCUT2D eigenvalue weighted by molar-refractivity contribution is 5.88. The van der Waals surface area contributed by atoms with E-state index in [2.05, 4.69) is 20.1 Å². The van der Waals surface area contributed by atoms with Gasteiger partial charge in [-0.1, -0.05) is 64.0 Å². The van der Waals surface area contributed by atoms with Gasteiger partial charge in [-0.15, -0.1) is 0 Å². The Morgan fingerprint density at radius 1 is 0.757 bits per heavy atom. The van der Waals surface area contributed by atoms with Crippen LogP contribution >= 0.6 is 0 Å². The Morgan fingerprint density at radius 2 is 1.30 bits per heavy atom. The number of benzene rings is 2. The number of aliphatic hydroxyl groups is 2. The topological polar surface area (TPSA) is 112 Å². The molecule has 0 spiro atoms. The average molecular weight is 513 g/mol. The number of carbonyl (C=O) groups is 2. The van der Waals surface area contributed by atoms with Crippen LogP contribution in [0, 0.1) is 0 Å². The van der Waals surface area contributed by atoms with E-state index >= 15 is 0 Å². The summed E-state index contributed by atoms with van der Waals surface area (Å²) in [7, 11) is 0. The van der Waals surface area contributed by atoms with Gasteiger partial charge in [-0.05, 0) is 53.8 Å². The second kappa shape index (κ2) is 16.2. The molecule has 2 N–H and O–H groups in total. The van der Waals surface area contributed by atoms with E-state index in [4.69, 9.17) is 29.2 Å². The van der Waals surface area contributed by atoms with Crippen LogP contribution in [-0.2, 0) is 25.5 Å². The quantitative estimate of drug-likeness (QED) is 0.136. The number of hydrogen-bond donors (Lipinski definition) is 2. The highest BCUT2D eigenvalue weighted by Gasteiger charge is 2.11. The molecule has 0 aliphatic carbocycles. The maximum absolute atomic E-state index is 11.7.